The number of benzene rings is 2. The number of nitrogens with one attached hydrogen (secondary N) is 2. The zero-order valence-electron chi connectivity index (χ0n) is 12.8. The maximum atomic E-state index is 13.3. The van der Waals surface area contributed by atoms with Crippen LogP contribution in [0.3, 0.4) is 0 Å². The van der Waals surface area contributed by atoms with Crippen molar-refractivity contribution in [3.63, 3.8) is 0 Å². The van der Waals surface area contributed by atoms with Crippen molar-refractivity contribution in [2.45, 2.75) is 4.90 Å². The Morgan fingerprint density at radius 1 is 1.00 bits per heavy atom. The Bertz CT molecular complexity index is 1050. The number of aromatic amines is 1. The van der Waals surface area contributed by atoms with Gasteiger partial charge in [-0.15, -0.1) is 0 Å². The van der Waals surface area contributed by atoms with E-state index in [1.807, 2.05) is 42.5 Å². The van der Waals surface area contributed by atoms with Gasteiger partial charge < -0.3 is 9.71 Å². The fourth-order valence-corrected chi connectivity index (χ4v) is 3.33. The lowest BCUT2D eigenvalue weighted by atomic mass is 10.3. The summed E-state index contributed by atoms with van der Waals surface area (Å²) in [6.07, 6.45) is 0. The van der Waals surface area contributed by atoms with E-state index in [4.69, 9.17) is 11.6 Å². The predicted molar refractivity (Wildman–Crippen MR) is 100 cm³/mol. The molecule has 4 aromatic rings. The van der Waals surface area contributed by atoms with E-state index in [0.717, 1.165) is 21.6 Å². The van der Waals surface area contributed by atoms with E-state index in [1.165, 1.54) is 18.0 Å². The number of nitrogens with zero attached hydrogens (tertiary/aromatic N) is 2. The standard InChI is InChI=1S/C18H12ClFN4S/c19-12-4-1-2-5-13(12)24-25-11-8-9-14-16(10-11)23-18(22-14)15-6-3-7-17(20)21-15/h1-10,24H,(H,22,23). The zero-order chi connectivity index (χ0) is 17.2. The van der Waals surface area contributed by atoms with Crippen LogP contribution in [0.2, 0.25) is 5.02 Å². The number of H-pyrrole nitrogens is 1. The Hall–Kier alpha value is -2.57. The van der Waals surface area contributed by atoms with Crippen LogP contribution in [0.5, 0.6) is 0 Å². The molecule has 0 aliphatic rings. The van der Waals surface area contributed by atoms with Gasteiger partial charge >= 0.3 is 0 Å². The normalized spacial score (nSPS) is 11.0. The van der Waals surface area contributed by atoms with E-state index in [2.05, 4.69) is 19.7 Å². The molecule has 0 unspecified atom stereocenters. The first-order chi connectivity index (χ1) is 12.2. The summed E-state index contributed by atoms with van der Waals surface area (Å²) in [5, 5.41) is 0.664. The number of aromatic nitrogens is 3. The van der Waals surface area contributed by atoms with Crippen molar-refractivity contribution >= 4 is 40.3 Å². The molecule has 0 fully saturated rings. The number of hydrogen-bond acceptors (Lipinski definition) is 4. The number of halogens is 2. The van der Waals surface area contributed by atoms with Crippen molar-refractivity contribution in [2.24, 2.45) is 0 Å². The van der Waals surface area contributed by atoms with Crippen molar-refractivity contribution < 1.29 is 4.39 Å². The van der Waals surface area contributed by atoms with Crippen molar-refractivity contribution in [2.75, 3.05) is 4.72 Å². The topological polar surface area (TPSA) is 53.6 Å². The first-order valence-corrected chi connectivity index (χ1v) is 8.68. The van der Waals surface area contributed by atoms with E-state index < -0.39 is 5.95 Å². The first kappa shape index (κ1) is 15.9. The number of para-hydroxylation sites is 1. The molecule has 0 saturated heterocycles. The Morgan fingerprint density at radius 3 is 2.72 bits per heavy atom. The maximum Gasteiger partial charge on any atom is 0.213 e. The smallest absolute Gasteiger partial charge is 0.213 e. The lowest BCUT2D eigenvalue weighted by molar-refractivity contribution is 0.585. The maximum absolute atomic E-state index is 13.3. The average molecular weight is 371 g/mol. The van der Waals surface area contributed by atoms with E-state index in [0.29, 0.717) is 16.5 Å². The number of rotatable bonds is 4. The molecule has 0 radical (unpaired) electrons. The highest BCUT2D eigenvalue weighted by atomic mass is 35.5. The largest absolute Gasteiger partial charge is 0.337 e. The Labute approximate surface area is 152 Å². The van der Waals surface area contributed by atoms with Gasteiger partial charge in [-0.2, -0.15) is 4.39 Å². The number of fused-ring (bicyclic) bond motifs is 1. The summed E-state index contributed by atoms with van der Waals surface area (Å²) in [6.45, 7) is 0. The van der Waals surface area contributed by atoms with Crippen molar-refractivity contribution in [1.82, 2.24) is 15.0 Å². The van der Waals surface area contributed by atoms with E-state index in [9.17, 15) is 4.39 Å². The summed E-state index contributed by atoms with van der Waals surface area (Å²) in [4.78, 5) is 12.5. The van der Waals surface area contributed by atoms with Crippen LogP contribution in [-0.2, 0) is 0 Å². The molecule has 0 amide bonds. The molecule has 0 aliphatic heterocycles. The molecular formula is C18H12ClFN4S. The van der Waals surface area contributed by atoms with Gasteiger partial charge in [-0.05, 0) is 54.4 Å². The third kappa shape index (κ3) is 3.45. The summed E-state index contributed by atoms with van der Waals surface area (Å²) >= 11 is 7.59. The van der Waals surface area contributed by atoms with Gasteiger partial charge in [0.1, 0.15) is 5.69 Å². The molecule has 124 valence electrons. The summed E-state index contributed by atoms with van der Waals surface area (Å²) < 4.78 is 16.5. The minimum Gasteiger partial charge on any atom is -0.337 e. The molecule has 2 N–H and O–H groups in total. The second-order valence-corrected chi connectivity index (χ2v) is 6.58. The molecule has 0 bridgehead atoms. The molecule has 0 aliphatic carbocycles. The molecule has 4 rings (SSSR count). The van der Waals surface area contributed by atoms with Gasteiger partial charge in [0.15, 0.2) is 5.82 Å². The predicted octanol–water partition coefficient (Wildman–Crippen LogP) is 5.54. The van der Waals surface area contributed by atoms with Gasteiger partial charge in [-0.1, -0.05) is 29.8 Å². The second-order valence-electron chi connectivity index (χ2n) is 5.29. The van der Waals surface area contributed by atoms with Crippen LogP contribution in [-0.4, -0.2) is 15.0 Å². The minimum atomic E-state index is -0.529. The minimum absolute atomic E-state index is 0.472. The molecule has 0 spiro atoms. The van der Waals surface area contributed by atoms with Crippen molar-refractivity contribution in [1.29, 1.82) is 0 Å². The monoisotopic (exact) mass is 370 g/mol. The van der Waals surface area contributed by atoms with Crippen LogP contribution in [0.15, 0.2) is 65.6 Å². The SMILES string of the molecule is Fc1cccc(-c2nc3ccc(SNc4ccccc4Cl)cc3[nH]2)n1. The third-order valence-corrected chi connectivity index (χ3v) is 4.70. The molecule has 2 heterocycles. The Morgan fingerprint density at radius 2 is 1.88 bits per heavy atom. The number of anilines is 1. The zero-order valence-corrected chi connectivity index (χ0v) is 14.4. The first-order valence-electron chi connectivity index (χ1n) is 7.49. The van der Waals surface area contributed by atoms with Crippen molar-refractivity contribution in [3.05, 3.63) is 71.6 Å². The van der Waals surface area contributed by atoms with Crippen LogP contribution < -0.4 is 4.72 Å². The van der Waals surface area contributed by atoms with Crippen LogP contribution in [0, 0.1) is 5.95 Å². The third-order valence-electron chi connectivity index (χ3n) is 3.56. The molecule has 2 aromatic carbocycles. The Kier molecular flexibility index (Phi) is 4.29. The second kappa shape index (κ2) is 6.74. The van der Waals surface area contributed by atoms with Crippen LogP contribution >= 0.6 is 23.5 Å². The average Bonchev–Trinajstić information content (AvgIpc) is 3.04. The fraction of sp³-hybridized carbons (Fsp3) is 0. The van der Waals surface area contributed by atoms with Gasteiger partial charge in [0.25, 0.3) is 0 Å². The summed E-state index contributed by atoms with van der Waals surface area (Å²) in [7, 11) is 0. The highest BCUT2D eigenvalue weighted by molar-refractivity contribution is 8.00. The van der Waals surface area contributed by atoms with E-state index in [1.54, 1.807) is 12.1 Å². The number of imidazole rings is 1. The lowest BCUT2D eigenvalue weighted by Gasteiger charge is -2.06. The van der Waals surface area contributed by atoms with Crippen LogP contribution in [0.1, 0.15) is 0 Å². The Balaban J connectivity index is 1.59. The van der Waals surface area contributed by atoms with Gasteiger partial charge in [-0.25, -0.2) is 9.97 Å². The summed E-state index contributed by atoms with van der Waals surface area (Å²) in [5.74, 6) is 0.00820. The fourth-order valence-electron chi connectivity index (χ4n) is 2.37. The van der Waals surface area contributed by atoms with E-state index >= 15 is 0 Å². The van der Waals surface area contributed by atoms with Gasteiger partial charge in [0.05, 0.1) is 21.7 Å². The van der Waals surface area contributed by atoms with Gasteiger partial charge in [0.2, 0.25) is 5.95 Å². The number of pyridine rings is 1. The summed E-state index contributed by atoms with van der Waals surface area (Å²) in [6, 6.07) is 18.0. The molecule has 0 saturated carbocycles. The highest BCUT2D eigenvalue weighted by Crippen LogP contribution is 2.29. The molecular weight excluding hydrogens is 359 g/mol. The van der Waals surface area contributed by atoms with E-state index in [-0.39, 0.29) is 0 Å². The quantitative estimate of drug-likeness (QED) is 0.366. The van der Waals surface area contributed by atoms with Gasteiger partial charge in [0, 0.05) is 4.90 Å². The molecule has 7 heteroatoms. The highest BCUT2D eigenvalue weighted by Gasteiger charge is 2.08. The van der Waals surface area contributed by atoms with Gasteiger partial charge in [-0.3, -0.25) is 0 Å². The summed E-state index contributed by atoms with van der Waals surface area (Å²) in [5.41, 5.74) is 2.97. The molecule has 0 atom stereocenters. The molecule has 25 heavy (non-hydrogen) atoms. The number of hydrogen-bond donors (Lipinski definition) is 2. The molecule has 4 nitrogen and oxygen atoms in total. The van der Waals surface area contributed by atoms with Crippen LogP contribution in [0.4, 0.5) is 10.1 Å². The molecule has 2 aromatic heterocycles. The van der Waals surface area contributed by atoms with Crippen LogP contribution in [0.25, 0.3) is 22.6 Å². The lowest BCUT2D eigenvalue weighted by Crippen LogP contribution is -1.88. The van der Waals surface area contributed by atoms with Crippen molar-refractivity contribution in [3.8, 4) is 11.5 Å².